The summed E-state index contributed by atoms with van der Waals surface area (Å²) in [5.41, 5.74) is 1.05. The van der Waals surface area contributed by atoms with E-state index < -0.39 is 0 Å². The van der Waals surface area contributed by atoms with Gasteiger partial charge in [0.25, 0.3) is 0 Å². The van der Waals surface area contributed by atoms with Crippen LogP contribution in [-0.2, 0) is 40.8 Å². The van der Waals surface area contributed by atoms with E-state index in [4.69, 9.17) is 10.2 Å². The molecule has 2 N–H and O–H groups in total. The molecule has 0 saturated heterocycles. The molecule has 1 aromatic rings. The molecule has 0 aliphatic rings. The Hall–Kier alpha value is -0.252. The average Bonchev–Trinajstić information content (AvgIpc) is 2.62. The fourth-order valence-corrected chi connectivity index (χ4v) is 0.919. The molecule has 0 saturated carbocycles. The molecule has 0 spiro atoms. The monoisotopic (exact) mass is 371 g/mol. The van der Waals surface area contributed by atoms with Gasteiger partial charge in [0, 0.05) is 27.6 Å². The topological polar surface area (TPSA) is 71.2 Å². The first-order valence-electron chi connectivity index (χ1n) is 4.46. The number of rotatable bonds is 3. The Labute approximate surface area is 98.4 Å². The van der Waals surface area contributed by atoms with Gasteiger partial charge in [0.05, 0.1) is 18.9 Å². The Kier molecular flexibility index (Phi) is 10.8. The summed E-state index contributed by atoms with van der Waals surface area (Å²) in [5, 5.41) is 25.0. The van der Waals surface area contributed by atoms with Crippen molar-refractivity contribution in [1.82, 2.24) is 15.0 Å². The van der Waals surface area contributed by atoms with Crippen LogP contribution in [0.2, 0.25) is 0 Å². The molecule has 0 amide bonds. The zero-order valence-corrected chi connectivity index (χ0v) is 11.7. The average molecular weight is 371 g/mol. The summed E-state index contributed by atoms with van der Waals surface area (Å²) in [6.07, 6.45) is 0. The first-order chi connectivity index (χ1) is 6.33. The number of nitrogens with zero attached hydrogens (tertiary/aromatic N) is 3. The number of aliphatic hydroxyl groups is 2. The minimum atomic E-state index is -0.171. The van der Waals surface area contributed by atoms with Crippen LogP contribution in [0.3, 0.4) is 0 Å². The van der Waals surface area contributed by atoms with E-state index in [1.54, 1.807) is 4.68 Å². The van der Waals surface area contributed by atoms with Crippen LogP contribution >= 0.6 is 0 Å². The van der Waals surface area contributed by atoms with Crippen molar-refractivity contribution in [3.05, 3.63) is 11.4 Å². The van der Waals surface area contributed by atoms with Gasteiger partial charge < -0.3 is 10.2 Å². The molecule has 5 nitrogen and oxygen atoms in total. The number of hydrogen-bond donors (Lipinski definition) is 2. The molecule has 82 valence electrons. The van der Waals surface area contributed by atoms with Crippen LogP contribution < -0.4 is 0 Å². The summed E-state index contributed by atoms with van der Waals surface area (Å²) >= 11 is 0. The standard InChI is InChI=1S/C6H11N3O2.C2H6.W/c1-2-9-6(4-11)5(3-10)7-8-9;1-2;/h10-11H,2-4H2,1H3;1-2H3;. The van der Waals surface area contributed by atoms with Gasteiger partial charge in [-0.15, -0.1) is 5.10 Å². The Morgan fingerprint density at radius 1 is 1.21 bits per heavy atom. The van der Waals surface area contributed by atoms with Crippen molar-refractivity contribution in [2.45, 2.75) is 40.5 Å². The van der Waals surface area contributed by atoms with Crippen molar-refractivity contribution in [1.29, 1.82) is 0 Å². The fraction of sp³-hybridized carbons (Fsp3) is 0.750. The van der Waals surface area contributed by atoms with Gasteiger partial charge in [-0.1, -0.05) is 19.1 Å². The number of aromatic nitrogens is 3. The summed E-state index contributed by atoms with van der Waals surface area (Å²) in [7, 11) is 0. The predicted octanol–water partition coefficient (Wildman–Crippen LogP) is 0.306. The molecule has 0 aliphatic carbocycles. The molecule has 0 aromatic carbocycles. The van der Waals surface area contributed by atoms with Gasteiger partial charge in [-0.2, -0.15) is 0 Å². The van der Waals surface area contributed by atoms with Crippen LogP contribution in [0.15, 0.2) is 0 Å². The molecular formula is C8H17N3O2W. The van der Waals surface area contributed by atoms with Gasteiger partial charge in [0.15, 0.2) is 0 Å². The summed E-state index contributed by atoms with van der Waals surface area (Å²) < 4.78 is 1.56. The molecule has 0 aliphatic heterocycles. The summed E-state index contributed by atoms with van der Waals surface area (Å²) in [5.74, 6) is 0. The van der Waals surface area contributed by atoms with Crippen molar-refractivity contribution in [2.24, 2.45) is 0 Å². The van der Waals surface area contributed by atoms with Crippen molar-refractivity contribution in [3.8, 4) is 0 Å². The van der Waals surface area contributed by atoms with Gasteiger partial charge in [0.1, 0.15) is 5.69 Å². The number of aryl methyl sites for hydroxylation is 1. The largest absolute Gasteiger partial charge is 0.390 e. The first-order valence-corrected chi connectivity index (χ1v) is 4.46. The molecule has 0 fully saturated rings. The predicted molar refractivity (Wildman–Crippen MR) is 48.9 cm³/mol. The van der Waals surface area contributed by atoms with Gasteiger partial charge >= 0.3 is 0 Å². The van der Waals surface area contributed by atoms with Crippen molar-refractivity contribution >= 4 is 0 Å². The van der Waals surface area contributed by atoms with Gasteiger partial charge in [-0.05, 0) is 6.92 Å². The van der Waals surface area contributed by atoms with Crippen LogP contribution in [-0.4, -0.2) is 25.2 Å². The van der Waals surface area contributed by atoms with Crippen LogP contribution in [0.4, 0.5) is 0 Å². The van der Waals surface area contributed by atoms with E-state index in [9.17, 15) is 0 Å². The second-order valence-electron chi connectivity index (χ2n) is 2.11. The van der Waals surface area contributed by atoms with E-state index in [2.05, 4.69) is 10.3 Å². The normalized spacial score (nSPS) is 8.64. The summed E-state index contributed by atoms with van der Waals surface area (Å²) in [6, 6.07) is 0. The first kappa shape index (κ1) is 16.2. The summed E-state index contributed by atoms with van der Waals surface area (Å²) in [4.78, 5) is 0. The zero-order chi connectivity index (χ0) is 10.3. The molecule has 0 atom stereocenters. The quantitative estimate of drug-likeness (QED) is 0.803. The molecule has 1 aromatic heterocycles. The molecule has 14 heavy (non-hydrogen) atoms. The van der Waals surface area contributed by atoms with Crippen LogP contribution in [0.25, 0.3) is 0 Å². The third-order valence-electron chi connectivity index (χ3n) is 1.52. The van der Waals surface area contributed by atoms with E-state index in [0.717, 1.165) is 0 Å². The van der Waals surface area contributed by atoms with E-state index in [1.165, 1.54) is 0 Å². The SMILES string of the molecule is CC.CCn1nnc(CO)c1CO.[W]. The smallest absolute Gasteiger partial charge is 0.114 e. The van der Waals surface area contributed by atoms with E-state index in [0.29, 0.717) is 17.9 Å². The van der Waals surface area contributed by atoms with Crippen molar-refractivity contribution in [3.63, 3.8) is 0 Å². The second kappa shape index (κ2) is 9.31. The van der Waals surface area contributed by atoms with E-state index in [1.807, 2.05) is 20.8 Å². The third-order valence-corrected chi connectivity index (χ3v) is 1.52. The van der Waals surface area contributed by atoms with E-state index >= 15 is 0 Å². The summed E-state index contributed by atoms with van der Waals surface area (Å²) in [6.45, 7) is 6.25. The Balaban J connectivity index is 0. The molecule has 6 heteroatoms. The van der Waals surface area contributed by atoms with Crippen LogP contribution in [0, 0.1) is 0 Å². The maximum atomic E-state index is 8.84. The molecular weight excluding hydrogens is 354 g/mol. The minimum Gasteiger partial charge on any atom is -0.390 e. The number of hydrogen-bond acceptors (Lipinski definition) is 4. The molecule has 0 unspecified atom stereocenters. The van der Waals surface area contributed by atoms with Crippen molar-refractivity contribution < 1.29 is 31.3 Å². The Morgan fingerprint density at radius 3 is 2.14 bits per heavy atom. The molecule has 0 radical (unpaired) electrons. The minimum absolute atomic E-state index is 0. The molecule has 0 bridgehead atoms. The van der Waals surface area contributed by atoms with Gasteiger partial charge in [-0.25, -0.2) is 4.68 Å². The molecule has 1 heterocycles. The number of aliphatic hydroxyl groups excluding tert-OH is 2. The maximum Gasteiger partial charge on any atom is 0.114 e. The van der Waals surface area contributed by atoms with Crippen LogP contribution in [0.1, 0.15) is 32.2 Å². The van der Waals surface area contributed by atoms with Gasteiger partial charge in [-0.3, -0.25) is 0 Å². The van der Waals surface area contributed by atoms with Crippen LogP contribution in [0.5, 0.6) is 0 Å². The maximum absolute atomic E-state index is 8.84. The van der Waals surface area contributed by atoms with E-state index in [-0.39, 0.29) is 34.3 Å². The second-order valence-corrected chi connectivity index (χ2v) is 2.11. The zero-order valence-electron chi connectivity index (χ0n) is 8.77. The Morgan fingerprint density at radius 2 is 1.79 bits per heavy atom. The van der Waals surface area contributed by atoms with Crippen molar-refractivity contribution in [2.75, 3.05) is 0 Å². The third kappa shape index (κ3) is 3.86. The Bertz CT molecular complexity index is 219. The fourth-order valence-electron chi connectivity index (χ4n) is 0.919. The van der Waals surface area contributed by atoms with Gasteiger partial charge in [0.2, 0.25) is 0 Å². The molecule has 1 rings (SSSR count).